The van der Waals surface area contributed by atoms with Gasteiger partial charge in [0.2, 0.25) is 0 Å². The maximum atomic E-state index is 13.6. The summed E-state index contributed by atoms with van der Waals surface area (Å²) in [5, 5.41) is 3.08. The van der Waals surface area contributed by atoms with Gasteiger partial charge in [-0.05, 0) is 60.5 Å². The number of para-hydroxylation sites is 1. The van der Waals surface area contributed by atoms with Crippen molar-refractivity contribution in [3.63, 3.8) is 0 Å². The molecule has 0 bridgehead atoms. The Balaban J connectivity index is 1.55. The maximum Gasteiger partial charge on any atom is 0.322 e. The summed E-state index contributed by atoms with van der Waals surface area (Å²) < 4.78 is 7.71. The molecule has 5 rings (SSSR count). The van der Waals surface area contributed by atoms with Crippen molar-refractivity contribution in [3.8, 4) is 11.4 Å². The molecule has 0 fully saturated rings. The molecule has 0 radical (unpaired) electrons. The number of urea groups is 1. The van der Waals surface area contributed by atoms with E-state index in [1.54, 1.807) is 0 Å². The molecule has 0 saturated carbocycles. The van der Waals surface area contributed by atoms with E-state index in [-0.39, 0.29) is 12.1 Å². The Morgan fingerprint density at radius 1 is 0.938 bits per heavy atom. The number of fused-ring (bicyclic) bond motifs is 3. The molecule has 0 saturated heterocycles. The van der Waals surface area contributed by atoms with E-state index in [4.69, 9.17) is 4.74 Å². The smallest absolute Gasteiger partial charge is 0.322 e. The molecule has 0 spiro atoms. The number of benzene rings is 3. The Morgan fingerprint density at radius 2 is 1.69 bits per heavy atom. The van der Waals surface area contributed by atoms with Crippen LogP contribution in [0.5, 0.6) is 5.75 Å². The second-order valence-electron chi connectivity index (χ2n) is 7.76. The van der Waals surface area contributed by atoms with E-state index >= 15 is 0 Å². The van der Waals surface area contributed by atoms with Gasteiger partial charge < -0.3 is 19.5 Å². The number of rotatable bonds is 4. The minimum Gasteiger partial charge on any atom is -0.494 e. The van der Waals surface area contributed by atoms with Crippen LogP contribution in [-0.4, -0.2) is 22.1 Å². The number of nitrogens with zero attached hydrogens (tertiary/aromatic N) is 2. The Hall–Kier alpha value is -3.99. The maximum absolute atomic E-state index is 13.6. The number of amides is 2. The fourth-order valence-electron chi connectivity index (χ4n) is 4.32. The van der Waals surface area contributed by atoms with Crippen LogP contribution in [0.3, 0.4) is 0 Å². The zero-order valence-corrected chi connectivity index (χ0v) is 17.9. The quantitative estimate of drug-likeness (QED) is 0.437. The fourth-order valence-corrected chi connectivity index (χ4v) is 4.32. The van der Waals surface area contributed by atoms with Crippen LogP contribution in [0.25, 0.3) is 5.69 Å². The third kappa shape index (κ3) is 3.73. The average Bonchev–Trinajstić information content (AvgIpc) is 3.25. The summed E-state index contributed by atoms with van der Waals surface area (Å²) in [5.41, 5.74) is 5.07. The first-order valence-corrected chi connectivity index (χ1v) is 10.9. The Bertz CT molecular complexity index is 1220. The van der Waals surface area contributed by atoms with Crippen LogP contribution < -0.4 is 10.1 Å². The van der Waals surface area contributed by atoms with Crippen LogP contribution in [0.15, 0.2) is 97.2 Å². The number of carbonyl (C=O) groups is 1. The second kappa shape index (κ2) is 8.63. The van der Waals surface area contributed by atoms with Crippen molar-refractivity contribution in [1.82, 2.24) is 9.47 Å². The van der Waals surface area contributed by atoms with Crippen molar-refractivity contribution in [1.29, 1.82) is 0 Å². The summed E-state index contributed by atoms with van der Waals surface area (Å²) in [6.07, 6.45) is 2.07. The fraction of sp³-hybridized carbons (Fsp3) is 0.148. The zero-order valence-electron chi connectivity index (χ0n) is 17.9. The third-order valence-electron chi connectivity index (χ3n) is 5.76. The molecule has 3 aromatic carbocycles. The number of anilines is 1. The summed E-state index contributed by atoms with van der Waals surface area (Å²) >= 11 is 0. The summed E-state index contributed by atoms with van der Waals surface area (Å²) in [6, 6.07) is 29.7. The topological polar surface area (TPSA) is 46.5 Å². The lowest BCUT2D eigenvalue weighted by Gasteiger charge is -2.31. The molecule has 1 aromatic heterocycles. The van der Waals surface area contributed by atoms with Gasteiger partial charge in [-0.2, -0.15) is 0 Å². The van der Waals surface area contributed by atoms with Gasteiger partial charge >= 0.3 is 6.03 Å². The molecule has 5 heteroatoms. The van der Waals surface area contributed by atoms with Crippen molar-refractivity contribution in [3.05, 3.63) is 114 Å². The highest BCUT2D eigenvalue weighted by molar-refractivity contribution is 5.90. The molecule has 32 heavy (non-hydrogen) atoms. The van der Waals surface area contributed by atoms with Crippen molar-refractivity contribution in [2.24, 2.45) is 0 Å². The van der Waals surface area contributed by atoms with E-state index in [0.717, 1.165) is 33.9 Å². The minimum absolute atomic E-state index is 0.146. The number of ether oxygens (including phenoxy) is 1. The van der Waals surface area contributed by atoms with Gasteiger partial charge in [-0.25, -0.2) is 4.79 Å². The standard InChI is InChI=1S/C27H25N3O2/c1-2-32-23-16-14-22(15-17-23)28-27(31)30-19-21-11-6-7-12-24(21)29-18-8-13-25(29)26(30)20-9-4-3-5-10-20/h3-18,26H,2,19H2,1H3,(H,28,31)/t26-/m0/s1. The largest absolute Gasteiger partial charge is 0.494 e. The normalized spacial score (nSPS) is 14.8. The molecule has 1 N–H and O–H groups in total. The first kappa shape index (κ1) is 19.9. The van der Waals surface area contributed by atoms with Gasteiger partial charge in [0.1, 0.15) is 5.75 Å². The molecule has 1 aliphatic rings. The van der Waals surface area contributed by atoms with Crippen molar-refractivity contribution >= 4 is 11.7 Å². The van der Waals surface area contributed by atoms with Crippen LogP contribution in [0.4, 0.5) is 10.5 Å². The number of hydrogen-bond acceptors (Lipinski definition) is 2. The van der Waals surface area contributed by atoms with E-state index < -0.39 is 0 Å². The Morgan fingerprint density at radius 3 is 2.47 bits per heavy atom. The van der Waals surface area contributed by atoms with Crippen LogP contribution in [0.2, 0.25) is 0 Å². The summed E-state index contributed by atoms with van der Waals surface area (Å²) in [6.45, 7) is 3.06. The molecular formula is C27H25N3O2. The van der Waals surface area contributed by atoms with E-state index in [1.165, 1.54) is 0 Å². The molecule has 4 aromatic rings. The number of carbonyl (C=O) groups excluding carboxylic acids is 1. The molecule has 1 atom stereocenters. The summed E-state index contributed by atoms with van der Waals surface area (Å²) in [7, 11) is 0. The third-order valence-corrected chi connectivity index (χ3v) is 5.76. The van der Waals surface area contributed by atoms with E-state index in [1.807, 2.05) is 72.5 Å². The lowest BCUT2D eigenvalue weighted by atomic mass is 10.0. The van der Waals surface area contributed by atoms with Gasteiger partial charge in [0.25, 0.3) is 0 Å². The van der Waals surface area contributed by atoms with Crippen molar-refractivity contribution in [2.45, 2.75) is 19.5 Å². The van der Waals surface area contributed by atoms with Gasteiger partial charge in [0, 0.05) is 17.6 Å². The number of nitrogens with one attached hydrogen (secondary N) is 1. The average molecular weight is 424 g/mol. The lowest BCUT2D eigenvalue weighted by Crippen LogP contribution is -2.37. The van der Waals surface area contributed by atoms with Crippen LogP contribution >= 0.6 is 0 Å². The molecule has 160 valence electrons. The highest BCUT2D eigenvalue weighted by Crippen LogP contribution is 2.36. The molecule has 2 amide bonds. The summed E-state index contributed by atoms with van der Waals surface area (Å²) in [4.78, 5) is 15.5. The minimum atomic E-state index is -0.221. The van der Waals surface area contributed by atoms with Crippen molar-refractivity contribution < 1.29 is 9.53 Å². The van der Waals surface area contributed by atoms with Gasteiger partial charge in [0.05, 0.1) is 24.9 Å². The predicted octanol–water partition coefficient (Wildman–Crippen LogP) is 6.01. The van der Waals surface area contributed by atoms with E-state index in [9.17, 15) is 4.79 Å². The zero-order chi connectivity index (χ0) is 21.9. The lowest BCUT2D eigenvalue weighted by molar-refractivity contribution is 0.194. The van der Waals surface area contributed by atoms with Crippen LogP contribution in [0.1, 0.15) is 29.8 Å². The predicted molar refractivity (Wildman–Crippen MR) is 126 cm³/mol. The van der Waals surface area contributed by atoms with Gasteiger partial charge in [-0.1, -0.05) is 48.5 Å². The van der Waals surface area contributed by atoms with Gasteiger partial charge in [0.15, 0.2) is 0 Å². The monoisotopic (exact) mass is 423 g/mol. The number of hydrogen-bond donors (Lipinski definition) is 1. The molecule has 1 aliphatic heterocycles. The van der Waals surface area contributed by atoms with E-state index in [0.29, 0.717) is 13.2 Å². The molecule has 0 unspecified atom stereocenters. The SMILES string of the molecule is CCOc1ccc(NC(=O)N2Cc3ccccc3-n3cccc3[C@@H]2c2ccccc2)cc1. The summed E-state index contributed by atoms with van der Waals surface area (Å²) in [5.74, 6) is 0.786. The Kier molecular flexibility index (Phi) is 5.38. The van der Waals surface area contributed by atoms with Gasteiger partial charge in [-0.3, -0.25) is 0 Å². The van der Waals surface area contributed by atoms with E-state index in [2.05, 4.69) is 46.4 Å². The molecule has 0 aliphatic carbocycles. The first-order valence-electron chi connectivity index (χ1n) is 10.9. The molecule has 2 heterocycles. The van der Waals surface area contributed by atoms with Crippen LogP contribution in [0, 0.1) is 0 Å². The highest BCUT2D eigenvalue weighted by atomic mass is 16.5. The highest BCUT2D eigenvalue weighted by Gasteiger charge is 2.32. The molecular weight excluding hydrogens is 398 g/mol. The second-order valence-corrected chi connectivity index (χ2v) is 7.76. The van der Waals surface area contributed by atoms with Crippen LogP contribution in [-0.2, 0) is 6.54 Å². The first-order chi connectivity index (χ1) is 15.7. The van der Waals surface area contributed by atoms with Gasteiger partial charge in [-0.15, -0.1) is 0 Å². The van der Waals surface area contributed by atoms with Crippen molar-refractivity contribution in [2.75, 3.05) is 11.9 Å². The number of aromatic nitrogens is 1. The Labute approximate surface area is 187 Å². The molecule has 5 nitrogen and oxygen atoms in total.